The molecule has 0 saturated heterocycles. The lowest BCUT2D eigenvalue weighted by Gasteiger charge is -2.14. The summed E-state index contributed by atoms with van der Waals surface area (Å²) in [6, 6.07) is 10.5. The van der Waals surface area contributed by atoms with Gasteiger partial charge < -0.3 is 24.0 Å². The van der Waals surface area contributed by atoms with Gasteiger partial charge >= 0.3 is 6.18 Å². The first kappa shape index (κ1) is 25.6. The molecule has 0 bridgehead atoms. The first-order valence-corrected chi connectivity index (χ1v) is 10.5. The van der Waals surface area contributed by atoms with Crippen LogP contribution in [-0.4, -0.2) is 66.8 Å². The molecular weight excluding hydrogens is 458 g/mol. The van der Waals surface area contributed by atoms with Crippen LogP contribution in [0, 0.1) is 0 Å². The molecule has 184 valence electrons. The van der Waals surface area contributed by atoms with E-state index in [1.165, 1.54) is 6.07 Å². The Balaban J connectivity index is 1.67. The van der Waals surface area contributed by atoms with Crippen LogP contribution in [0.1, 0.15) is 11.1 Å². The number of likely N-dealkylation sites (N-methyl/N-ethyl adjacent to an activating group) is 1. The minimum atomic E-state index is -4.70. The van der Waals surface area contributed by atoms with Gasteiger partial charge in [-0.3, -0.25) is 0 Å². The fourth-order valence-electron chi connectivity index (χ4n) is 3.06. The van der Waals surface area contributed by atoms with Gasteiger partial charge in [0.25, 0.3) is 5.89 Å². The van der Waals surface area contributed by atoms with Gasteiger partial charge in [-0.05, 0) is 30.8 Å². The number of aliphatic hydroxyl groups is 1. The summed E-state index contributed by atoms with van der Waals surface area (Å²) in [7, 11) is 1.90. The molecule has 0 unspecified atom stereocenters. The van der Waals surface area contributed by atoms with E-state index in [2.05, 4.69) is 10.1 Å². The van der Waals surface area contributed by atoms with E-state index in [-0.39, 0.29) is 23.9 Å². The molecule has 1 heterocycles. The average Bonchev–Trinajstić information content (AvgIpc) is 3.31. The zero-order valence-electron chi connectivity index (χ0n) is 18.5. The highest BCUT2D eigenvalue weighted by Crippen LogP contribution is 2.38. The van der Waals surface area contributed by atoms with Crippen molar-refractivity contribution in [2.24, 2.45) is 0 Å². The van der Waals surface area contributed by atoms with Gasteiger partial charge in [0.1, 0.15) is 19.0 Å². The standard InChI is InChI=1S/C23H25F4N3O4/c1-30(9-11-31)10-13-32-15-16-2-4-17(5-3-16)21-28-22(34-29-21)18-6-7-20(33-12-8-24)19(14-18)23(25,26)27/h2-7,14,31H,8-13,15H2,1H3. The number of alkyl halides is 4. The minimum absolute atomic E-state index is 0.0647. The molecule has 0 spiro atoms. The molecule has 7 nitrogen and oxygen atoms in total. The number of ether oxygens (including phenoxy) is 2. The predicted molar refractivity (Wildman–Crippen MR) is 116 cm³/mol. The zero-order valence-corrected chi connectivity index (χ0v) is 18.5. The summed E-state index contributed by atoms with van der Waals surface area (Å²) in [5, 5.41) is 12.7. The SMILES string of the molecule is CN(CCO)CCOCc1ccc(-c2noc(-c3ccc(OCCF)c(C(F)(F)F)c3)n2)cc1. The van der Waals surface area contributed by atoms with Gasteiger partial charge in [0, 0.05) is 24.2 Å². The van der Waals surface area contributed by atoms with E-state index in [4.69, 9.17) is 19.1 Å². The maximum Gasteiger partial charge on any atom is 0.419 e. The lowest BCUT2D eigenvalue weighted by Crippen LogP contribution is -2.26. The fourth-order valence-corrected chi connectivity index (χ4v) is 3.06. The molecule has 1 aromatic heterocycles. The number of benzene rings is 2. The van der Waals surface area contributed by atoms with Crippen LogP contribution >= 0.6 is 0 Å². The number of hydrogen-bond acceptors (Lipinski definition) is 7. The van der Waals surface area contributed by atoms with Crippen molar-refractivity contribution < 1.29 is 36.7 Å². The Morgan fingerprint density at radius 3 is 2.44 bits per heavy atom. The summed E-state index contributed by atoms with van der Waals surface area (Å²) in [5.74, 6) is -0.331. The molecule has 11 heteroatoms. The van der Waals surface area contributed by atoms with Crippen molar-refractivity contribution in [1.82, 2.24) is 15.0 Å². The highest BCUT2D eigenvalue weighted by molar-refractivity contribution is 5.62. The highest BCUT2D eigenvalue weighted by Gasteiger charge is 2.35. The third-order valence-corrected chi connectivity index (χ3v) is 4.87. The number of aromatic nitrogens is 2. The van der Waals surface area contributed by atoms with E-state index in [9.17, 15) is 17.6 Å². The van der Waals surface area contributed by atoms with Crippen LogP contribution < -0.4 is 4.74 Å². The molecule has 3 aromatic rings. The second-order valence-corrected chi connectivity index (χ2v) is 7.45. The Bertz CT molecular complexity index is 1040. The third-order valence-electron chi connectivity index (χ3n) is 4.87. The van der Waals surface area contributed by atoms with Crippen molar-refractivity contribution in [2.75, 3.05) is 46.6 Å². The van der Waals surface area contributed by atoms with E-state index in [1.807, 2.05) is 24.1 Å². The van der Waals surface area contributed by atoms with E-state index in [1.54, 1.807) is 12.1 Å². The average molecular weight is 483 g/mol. The Labute approximate surface area is 193 Å². The molecule has 0 radical (unpaired) electrons. The van der Waals surface area contributed by atoms with Gasteiger partial charge in [0.05, 0.1) is 25.4 Å². The molecule has 0 amide bonds. The van der Waals surface area contributed by atoms with E-state index >= 15 is 0 Å². The molecule has 0 atom stereocenters. The van der Waals surface area contributed by atoms with Crippen LogP contribution in [0.2, 0.25) is 0 Å². The topological polar surface area (TPSA) is 80.9 Å². The molecule has 34 heavy (non-hydrogen) atoms. The van der Waals surface area contributed by atoms with Gasteiger partial charge in [-0.2, -0.15) is 18.2 Å². The van der Waals surface area contributed by atoms with E-state index in [0.29, 0.717) is 31.9 Å². The largest absolute Gasteiger partial charge is 0.490 e. The van der Waals surface area contributed by atoms with Crippen molar-refractivity contribution in [3.05, 3.63) is 53.6 Å². The molecule has 2 aromatic carbocycles. The smallest absolute Gasteiger partial charge is 0.419 e. The maximum atomic E-state index is 13.4. The number of halogens is 4. The molecule has 0 aliphatic rings. The van der Waals surface area contributed by atoms with Crippen LogP contribution in [-0.2, 0) is 17.5 Å². The van der Waals surface area contributed by atoms with Crippen LogP contribution in [0.3, 0.4) is 0 Å². The summed E-state index contributed by atoms with van der Waals surface area (Å²) >= 11 is 0. The number of hydrogen-bond donors (Lipinski definition) is 1. The van der Waals surface area contributed by atoms with Crippen molar-refractivity contribution in [3.63, 3.8) is 0 Å². The Kier molecular flexibility index (Phi) is 8.97. The van der Waals surface area contributed by atoms with Gasteiger partial charge in [0.2, 0.25) is 5.82 Å². The maximum absolute atomic E-state index is 13.4. The van der Waals surface area contributed by atoms with Gasteiger partial charge in [-0.25, -0.2) is 4.39 Å². The molecule has 0 saturated carbocycles. The van der Waals surface area contributed by atoms with Crippen molar-refractivity contribution in [1.29, 1.82) is 0 Å². The van der Waals surface area contributed by atoms with Crippen LogP contribution in [0.5, 0.6) is 5.75 Å². The highest BCUT2D eigenvalue weighted by atomic mass is 19.4. The number of aliphatic hydroxyl groups excluding tert-OH is 1. The summed E-state index contributed by atoms with van der Waals surface area (Å²) in [6.45, 7) is 0.918. The summed E-state index contributed by atoms with van der Waals surface area (Å²) < 4.78 is 68.2. The van der Waals surface area contributed by atoms with Crippen LogP contribution in [0.15, 0.2) is 47.0 Å². The quantitative estimate of drug-likeness (QED) is 0.305. The first-order chi connectivity index (χ1) is 16.3. The monoisotopic (exact) mass is 483 g/mol. The normalized spacial score (nSPS) is 11.9. The molecule has 3 rings (SSSR count). The molecule has 0 aliphatic heterocycles. The lowest BCUT2D eigenvalue weighted by molar-refractivity contribution is -0.138. The van der Waals surface area contributed by atoms with Crippen LogP contribution in [0.25, 0.3) is 22.8 Å². The molecule has 0 fully saturated rings. The Morgan fingerprint density at radius 1 is 1.03 bits per heavy atom. The van der Waals surface area contributed by atoms with Gasteiger partial charge in [-0.1, -0.05) is 29.4 Å². The molecular formula is C23H25F4N3O4. The van der Waals surface area contributed by atoms with Crippen molar-refractivity contribution in [2.45, 2.75) is 12.8 Å². The first-order valence-electron chi connectivity index (χ1n) is 10.5. The number of rotatable bonds is 12. The second-order valence-electron chi connectivity index (χ2n) is 7.45. The third kappa shape index (κ3) is 6.99. The van der Waals surface area contributed by atoms with E-state index in [0.717, 1.165) is 17.7 Å². The van der Waals surface area contributed by atoms with Crippen LogP contribution in [0.4, 0.5) is 17.6 Å². The zero-order chi connectivity index (χ0) is 24.6. The minimum Gasteiger partial charge on any atom is -0.490 e. The van der Waals surface area contributed by atoms with Crippen molar-refractivity contribution in [3.8, 4) is 28.6 Å². The summed E-state index contributed by atoms with van der Waals surface area (Å²) in [5.41, 5.74) is 0.566. The predicted octanol–water partition coefficient (Wildman–Crippen LogP) is 4.21. The fraction of sp³-hybridized carbons (Fsp3) is 0.391. The Morgan fingerprint density at radius 2 is 1.76 bits per heavy atom. The Hall–Kier alpha value is -3.02. The van der Waals surface area contributed by atoms with E-state index < -0.39 is 30.8 Å². The summed E-state index contributed by atoms with van der Waals surface area (Å²) in [4.78, 5) is 6.16. The van der Waals surface area contributed by atoms with Crippen molar-refractivity contribution >= 4 is 0 Å². The molecule has 0 aliphatic carbocycles. The lowest BCUT2D eigenvalue weighted by atomic mass is 10.1. The van der Waals surface area contributed by atoms with Gasteiger partial charge in [-0.15, -0.1) is 0 Å². The number of nitrogens with zero attached hydrogens (tertiary/aromatic N) is 3. The van der Waals surface area contributed by atoms with Gasteiger partial charge in [0.15, 0.2) is 0 Å². The second kappa shape index (κ2) is 11.9. The summed E-state index contributed by atoms with van der Waals surface area (Å²) in [6.07, 6.45) is -4.70. The molecule has 1 N–H and O–H groups in total.